The molecule has 0 N–H and O–H groups in total. The molecule has 0 aliphatic heterocycles. The molecule has 0 spiro atoms. The maximum absolute atomic E-state index is 8.25. The fourth-order valence-corrected chi connectivity index (χ4v) is 0. The standard InChI is InChI=1S/AsH3.NO3.N/c;2-1(3)4;/h1H3;;/q;-1;+1. The molecule has 1 atom stereocenters. The van der Waals surface area contributed by atoms with Crippen LogP contribution in [0.1, 0.15) is 0 Å². The first-order valence-corrected chi connectivity index (χ1v) is 0.548. The van der Waals surface area contributed by atoms with Crippen molar-refractivity contribution in [3.63, 3.8) is 0 Å². The number of rotatable bonds is 0. The normalized spacial score (nSPS) is 4.00. The second-order valence-electron chi connectivity index (χ2n) is 0.224. The largest absolute Gasteiger partial charge is 1.00 e. The zero-order valence-electron chi connectivity index (χ0n) is 2.83. The van der Waals surface area contributed by atoms with Crippen molar-refractivity contribution in [3.8, 4) is 0 Å². The average Bonchev–Trinajstić information content (AvgIpc) is 0.811. The van der Waals surface area contributed by atoms with Gasteiger partial charge in [0.25, 0.3) is 0 Å². The molecule has 0 amide bonds. The van der Waals surface area contributed by atoms with E-state index in [1.807, 2.05) is 0 Å². The van der Waals surface area contributed by atoms with E-state index in [0.29, 0.717) is 0 Å². The van der Waals surface area contributed by atoms with Crippen molar-refractivity contribution >= 4 is 18.0 Å². The summed E-state index contributed by atoms with van der Waals surface area (Å²) in [6.45, 7) is 0. The molecule has 0 fully saturated rings. The van der Waals surface area contributed by atoms with Gasteiger partial charge >= 0.3 is 24.1 Å². The van der Waals surface area contributed by atoms with E-state index in [-0.39, 0.29) is 24.1 Å². The fourth-order valence-electron chi connectivity index (χ4n) is 0. The van der Waals surface area contributed by atoms with E-state index in [9.17, 15) is 0 Å². The summed E-state index contributed by atoms with van der Waals surface area (Å²) in [5.41, 5.74) is 0. The molecule has 0 aromatic carbocycles. The van der Waals surface area contributed by atoms with Gasteiger partial charge in [0, 0.05) is 0 Å². The second-order valence-corrected chi connectivity index (χ2v) is 0.224. The first kappa shape index (κ1) is 17.2. The van der Waals surface area contributed by atoms with Gasteiger partial charge in [0.2, 0.25) is 0 Å². The van der Waals surface area contributed by atoms with Crippen LogP contribution in [0.4, 0.5) is 0 Å². The van der Waals surface area contributed by atoms with Crippen LogP contribution in [0.3, 0.4) is 0 Å². The molecule has 0 aliphatic rings. The summed E-state index contributed by atoms with van der Waals surface area (Å²) in [5.74, 6) is 0. The summed E-state index contributed by atoms with van der Waals surface area (Å²) in [6, 6.07) is 0. The van der Waals surface area contributed by atoms with Crippen molar-refractivity contribution in [1.82, 2.24) is 6.15 Å². The number of hydrogen-bond donors (Lipinski definition) is 0. The van der Waals surface area contributed by atoms with Gasteiger partial charge in [-0.05, 0) is 0 Å². The summed E-state index contributed by atoms with van der Waals surface area (Å²) in [4.78, 5) is 8.25. The van der Waals surface area contributed by atoms with E-state index in [1.165, 1.54) is 0 Å². The SMILES string of the molecule is O=[N+]([O-])[O-].[AsH3].[N+]. The quantitative estimate of drug-likeness (QED) is 0.231. The smallest absolute Gasteiger partial charge is 1.00 e. The van der Waals surface area contributed by atoms with Crippen LogP contribution in [0.2, 0.25) is 0 Å². The van der Waals surface area contributed by atoms with Crippen molar-refractivity contribution in [2.75, 3.05) is 0 Å². The van der Waals surface area contributed by atoms with Crippen molar-refractivity contribution in [3.05, 3.63) is 15.3 Å². The third-order valence-electron chi connectivity index (χ3n) is 0. The van der Waals surface area contributed by atoms with Gasteiger partial charge in [-0.3, -0.25) is 0 Å². The molecule has 4 radical (unpaired) electrons. The number of hydrogen-bond acceptors (Lipinski definition) is 3. The van der Waals surface area contributed by atoms with Crippen molar-refractivity contribution in [2.24, 2.45) is 0 Å². The molecule has 6 heteroatoms. The Hall–Kier alpha value is -0.282. The van der Waals surface area contributed by atoms with Gasteiger partial charge < -0.3 is 15.3 Å². The minimum absolute atomic E-state index is 0. The molecule has 0 saturated heterocycles. The number of nitrogens with zero attached hydrogens (tertiary/aromatic N) is 2. The van der Waals surface area contributed by atoms with E-state index < -0.39 is 5.09 Å². The Morgan fingerprint density at radius 3 is 1.33 bits per heavy atom. The van der Waals surface area contributed by atoms with Crippen molar-refractivity contribution < 1.29 is 5.09 Å². The van der Waals surface area contributed by atoms with Crippen LogP contribution in [0.5, 0.6) is 0 Å². The van der Waals surface area contributed by atoms with Crippen LogP contribution in [-0.4, -0.2) is 23.0 Å². The van der Waals surface area contributed by atoms with Gasteiger partial charge in [0.1, 0.15) is 0 Å². The maximum atomic E-state index is 8.25. The van der Waals surface area contributed by atoms with E-state index in [1.54, 1.807) is 0 Å². The fraction of sp³-hybridized carbons (Fsp3) is 0. The third kappa shape index (κ3) is 347. The first-order chi connectivity index (χ1) is 1.73. The van der Waals surface area contributed by atoms with E-state index in [0.717, 1.165) is 0 Å². The molecule has 5 nitrogen and oxygen atoms in total. The molecule has 0 heterocycles. The van der Waals surface area contributed by atoms with Crippen molar-refractivity contribution in [1.29, 1.82) is 0 Å². The van der Waals surface area contributed by atoms with Crippen LogP contribution in [0.25, 0.3) is 0 Å². The zero-order valence-corrected chi connectivity index (χ0v) is 5.79. The van der Waals surface area contributed by atoms with Crippen LogP contribution in [0, 0.1) is 15.3 Å². The van der Waals surface area contributed by atoms with Gasteiger partial charge in [-0.2, -0.15) is 0 Å². The summed E-state index contributed by atoms with van der Waals surface area (Å²) < 4.78 is 0. The average molecular weight is 154 g/mol. The summed E-state index contributed by atoms with van der Waals surface area (Å²) >= 11 is 0. The molecular weight excluding hydrogens is 151 g/mol. The van der Waals surface area contributed by atoms with Gasteiger partial charge in [-0.1, -0.05) is 0 Å². The van der Waals surface area contributed by atoms with Gasteiger partial charge in [-0.25, -0.2) is 0 Å². The summed E-state index contributed by atoms with van der Waals surface area (Å²) in [6.07, 6.45) is 0. The Morgan fingerprint density at radius 2 is 1.33 bits per heavy atom. The monoisotopic (exact) mass is 154 g/mol. The molecule has 0 rings (SSSR count). The minimum Gasteiger partial charge on any atom is 1.00 e. The Kier molecular flexibility index (Phi) is 25.3. The van der Waals surface area contributed by atoms with Crippen LogP contribution in [0.15, 0.2) is 0 Å². The molecule has 0 aliphatic carbocycles. The van der Waals surface area contributed by atoms with Gasteiger partial charge in [0.15, 0.2) is 0 Å². The van der Waals surface area contributed by atoms with Crippen LogP contribution in [-0.2, 0) is 0 Å². The predicted molar refractivity (Wildman–Crippen MR) is 22.4 cm³/mol. The van der Waals surface area contributed by atoms with E-state index in [4.69, 9.17) is 15.3 Å². The molecule has 36 valence electrons. The third-order valence-corrected chi connectivity index (χ3v) is 0. The second kappa shape index (κ2) is 8.83. The topological polar surface area (TPSA) is 96.7 Å². The molecule has 0 aromatic rings. The van der Waals surface area contributed by atoms with Gasteiger partial charge in [0.05, 0.1) is 5.09 Å². The Balaban J connectivity index is -0.0000000450. The molecule has 0 saturated carbocycles. The predicted octanol–water partition coefficient (Wildman–Crippen LogP) is -1.90. The molecule has 0 bridgehead atoms. The molecule has 1 unspecified atom stereocenters. The van der Waals surface area contributed by atoms with Crippen LogP contribution < -0.4 is 6.15 Å². The van der Waals surface area contributed by atoms with E-state index in [2.05, 4.69) is 0 Å². The molecular formula is H3AsN2O3. The van der Waals surface area contributed by atoms with Crippen molar-refractivity contribution in [2.45, 2.75) is 0 Å². The molecule has 0 aromatic heterocycles. The minimum atomic E-state index is -1.75. The zero-order chi connectivity index (χ0) is 3.58. The Morgan fingerprint density at radius 1 is 1.33 bits per heavy atom. The maximum Gasteiger partial charge on any atom is 1.00 e. The summed E-state index contributed by atoms with van der Waals surface area (Å²) in [5, 5.41) is 14.8. The summed E-state index contributed by atoms with van der Waals surface area (Å²) in [7, 11) is 0. The molecule has 6 heavy (non-hydrogen) atoms. The Labute approximate surface area is 45.3 Å². The van der Waals surface area contributed by atoms with Gasteiger partial charge in [-0.15, -0.1) is 0 Å². The first-order valence-electron chi connectivity index (χ1n) is 0.548. The van der Waals surface area contributed by atoms with Crippen LogP contribution >= 0.6 is 0 Å². The van der Waals surface area contributed by atoms with E-state index >= 15 is 0 Å². The Bertz CT molecular complexity index is 31.8.